The molecule has 0 aliphatic heterocycles. The fourth-order valence-electron chi connectivity index (χ4n) is 2.38. The zero-order chi connectivity index (χ0) is 18.2. The van der Waals surface area contributed by atoms with Crippen LogP contribution in [0.25, 0.3) is 0 Å². The molecule has 2 aromatic rings. The molecule has 2 N–H and O–H groups in total. The van der Waals surface area contributed by atoms with Gasteiger partial charge in [0.15, 0.2) is 11.5 Å². The summed E-state index contributed by atoms with van der Waals surface area (Å²) in [6, 6.07) is 9.05. The molecule has 1 aromatic heterocycles. The van der Waals surface area contributed by atoms with Crippen LogP contribution in [0.1, 0.15) is 16.1 Å². The van der Waals surface area contributed by atoms with E-state index in [9.17, 15) is 4.79 Å². The van der Waals surface area contributed by atoms with Crippen LogP contribution in [-0.4, -0.2) is 45.3 Å². The lowest BCUT2D eigenvalue weighted by molar-refractivity contribution is 0.0951. The Kier molecular flexibility index (Phi) is 6.45. The summed E-state index contributed by atoms with van der Waals surface area (Å²) in [6.07, 6.45) is 0. The molecule has 0 aliphatic rings. The van der Waals surface area contributed by atoms with Crippen molar-refractivity contribution in [2.75, 3.05) is 39.7 Å². The number of carbonyl (C=O) groups excluding carboxylic acids is 1. The lowest BCUT2D eigenvalue weighted by Crippen LogP contribution is -2.29. The highest BCUT2D eigenvalue weighted by Crippen LogP contribution is 2.39. The third-order valence-electron chi connectivity index (χ3n) is 3.55. The van der Waals surface area contributed by atoms with E-state index in [0.717, 1.165) is 11.5 Å². The molecule has 25 heavy (non-hydrogen) atoms. The van der Waals surface area contributed by atoms with Crippen molar-refractivity contribution in [1.82, 2.24) is 10.3 Å². The summed E-state index contributed by atoms with van der Waals surface area (Å²) in [4.78, 5) is 16.8. The number of hydrogen-bond donors (Lipinski definition) is 2. The number of pyridine rings is 1. The highest BCUT2D eigenvalue weighted by atomic mass is 16.5. The number of aryl methyl sites for hydroxylation is 1. The molecule has 7 nitrogen and oxygen atoms in total. The molecule has 7 heteroatoms. The summed E-state index contributed by atoms with van der Waals surface area (Å²) in [5, 5.41) is 6.00. The standard InChI is InChI=1S/C18H23N3O4/c1-12-6-5-7-15(21-12)19-10-11-20-18(22)13-8-9-14(23-2)17(25-4)16(13)24-3/h5-9H,10-11H2,1-4H3,(H,19,21)(H,20,22). The molecule has 0 saturated heterocycles. The van der Waals surface area contributed by atoms with Gasteiger partial charge >= 0.3 is 0 Å². The average Bonchev–Trinajstić information content (AvgIpc) is 2.63. The van der Waals surface area contributed by atoms with Gasteiger partial charge in [0, 0.05) is 18.8 Å². The van der Waals surface area contributed by atoms with Gasteiger partial charge in [0.05, 0.1) is 26.9 Å². The molecular formula is C18H23N3O4. The van der Waals surface area contributed by atoms with Gasteiger partial charge < -0.3 is 24.8 Å². The first-order valence-electron chi connectivity index (χ1n) is 7.85. The van der Waals surface area contributed by atoms with Gasteiger partial charge in [0.2, 0.25) is 5.75 Å². The van der Waals surface area contributed by atoms with Crippen LogP contribution in [-0.2, 0) is 0 Å². The van der Waals surface area contributed by atoms with Crippen molar-refractivity contribution in [1.29, 1.82) is 0 Å². The molecule has 0 radical (unpaired) electrons. The van der Waals surface area contributed by atoms with Crippen LogP contribution in [0.5, 0.6) is 17.2 Å². The van der Waals surface area contributed by atoms with E-state index in [4.69, 9.17) is 14.2 Å². The minimum absolute atomic E-state index is 0.253. The summed E-state index contributed by atoms with van der Waals surface area (Å²) in [6.45, 7) is 2.92. The summed E-state index contributed by atoms with van der Waals surface area (Å²) in [5.41, 5.74) is 1.32. The molecular weight excluding hydrogens is 322 g/mol. The average molecular weight is 345 g/mol. The number of nitrogens with one attached hydrogen (secondary N) is 2. The number of nitrogens with zero attached hydrogens (tertiary/aromatic N) is 1. The van der Waals surface area contributed by atoms with Crippen LogP contribution >= 0.6 is 0 Å². The van der Waals surface area contributed by atoms with Crippen molar-refractivity contribution in [2.45, 2.75) is 6.92 Å². The second kappa shape index (κ2) is 8.77. The smallest absolute Gasteiger partial charge is 0.255 e. The van der Waals surface area contributed by atoms with Gasteiger partial charge in [0.25, 0.3) is 5.91 Å². The molecule has 0 spiro atoms. The van der Waals surface area contributed by atoms with Crippen LogP contribution in [0, 0.1) is 6.92 Å². The second-order valence-corrected chi connectivity index (χ2v) is 5.23. The third kappa shape index (κ3) is 4.53. The highest BCUT2D eigenvalue weighted by molar-refractivity contribution is 5.98. The normalized spacial score (nSPS) is 10.1. The van der Waals surface area contributed by atoms with Crippen LogP contribution in [0.15, 0.2) is 30.3 Å². The maximum Gasteiger partial charge on any atom is 0.255 e. The number of carbonyl (C=O) groups is 1. The topological polar surface area (TPSA) is 81.7 Å². The Bertz CT molecular complexity index is 734. The van der Waals surface area contributed by atoms with E-state index in [2.05, 4.69) is 15.6 Å². The molecule has 0 unspecified atom stereocenters. The maximum atomic E-state index is 12.4. The van der Waals surface area contributed by atoms with Crippen molar-refractivity contribution in [3.05, 3.63) is 41.6 Å². The predicted octanol–water partition coefficient (Wildman–Crippen LogP) is 2.26. The van der Waals surface area contributed by atoms with Gasteiger partial charge in [-0.15, -0.1) is 0 Å². The van der Waals surface area contributed by atoms with E-state index in [0.29, 0.717) is 35.9 Å². The number of hydrogen-bond acceptors (Lipinski definition) is 6. The van der Waals surface area contributed by atoms with E-state index in [1.165, 1.54) is 21.3 Å². The third-order valence-corrected chi connectivity index (χ3v) is 3.55. The van der Waals surface area contributed by atoms with Crippen LogP contribution in [0.2, 0.25) is 0 Å². The highest BCUT2D eigenvalue weighted by Gasteiger charge is 2.20. The zero-order valence-electron chi connectivity index (χ0n) is 14.9. The van der Waals surface area contributed by atoms with E-state index in [-0.39, 0.29) is 5.91 Å². The van der Waals surface area contributed by atoms with Crippen molar-refractivity contribution in [2.24, 2.45) is 0 Å². The largest absolute Gasteiger partial charge is 0.493 e. The van der Waals surface area contributed by atoms with Gasteiger partial charge in [-0.05, 0) is 31.2 Å². The Hall–Kier alpha value is -2.96. The Labute approximate surface area is 147 Å². The molecule has 0 aliphatic carbocycles. The van der Waals surface area contributed by atoms with Crippen molar-refractivity contribution in [3.8, 4) is 17.2 Å². The molecule has 134 valence electrons. The SMILES string of the molecule is COc1ccc(C(=O)NCCNc2cccc(C)n2)c(OC)c1OC. The lowest BCUT2D eigenvalue weighted by atomic mass is 10.1. The Morgan fingerprint density at radius 2 is 1.76 bits per heavy atom. The molecule has 1 aromatic carbocycles. The second-order valence-electron chi connectivity index (χ2n) is 5.23. The van der Waals surface area contributed by atoms with Crippen LogP contribution in [0.3, 0.4) is 0 Å². The van der Waals surface area contributed by atoms with E-state index >= 15 is 0 Å². The van der Waals surface area contributed by atoms with Crippen molar-refractivity contribution >= 4 is 11.7 Å². The van der Waals surface area contributed by atoms with Gasteiger partial charge in [-0.25, -0.2) is 4.98 Å². The molecule has 0 saturated carbocycles. The number of benzene rings is 1. The van der Waals surface area contributed by atoms with Gasteiger partial charge in [0.1, 0.15) is 5.82 Å². The monoisotopic (exact) mass is 345 g/mol. The number of aromatic nitrogens is 1. The molecule has 0 fully saturated rings. The number of ether oxygens (including phenoxy) is 3. The molecule has 0 bridgehead atoms. The zero-order valence-corrected chi connectivity index (χ0v) is 14.9. The fraction of sp³-hybridized carbons (Fsp3) is 0.333. The summed E-state index contributed by atoms with van der Waals surface area (Å²) in [7, 11) is 4.52. The summed E-state index contributed by atoms with van der Waals surface area (Å²) >= 11 is 0. The molecule has 2 rings (SSSR count). The summed E-state index contributed by atoms with van der Waals surface area (Å²) < 4.78 is 15.8. The van der Waals surface area contributed by atoms with Gasteiger partial charge in [-0.2, -0.15) is 0 Å². The van der Waals surface area contributed by atoms with Gasteiger partial charge in [-0.3, -0.25) is 4.79 Å². The number of anilines is 1. The predicted molar refractivity (Wildman–Crippen MR) is 95.9 cm³/mol. The van der Waals surface area contributed by atoms with Crippen molar-refractivity contribution < 1.29 is 19.0 Å². The van der Waals surface area contributed by atoms with E-state index in [1.54, 1.807) is 12.1 Å². The van der Waals surface area contributed by atoms with Gasteiger partial charge in [-0.1, -0.05) is 6.07 Å². The molecule has 0 atom stereocenters. The molecule has 1 amide bonds. The quantitative estimate of drug-likeness (QED) is 0.714. The fourth-order valence-corrected chi connectivity index (χ4v) is 2.38. The lowest BCUT2D eigenvalue weighted by Gasteiger charge is -2.15. The first-order chi connectivity index (χ1) is 12.1. The van der Waals surface area contributed by atoms with Crippen LogP contribution < -0.4 is 24.8 Å². The number of amides is 1. The van der Waals surface area contributed by atoms with Crippen LogP contribution in [0.4, 0.5) is 5.82 Å². The summed E-state index contributed by atoms with van der Waals surface area (Å²) in [5.74, 6) is 1.75. The first kappa shape index (κ1) is 18.4. The maximum absolute atomic E-state index is 12.4. The molecule has 1 heterocycles. The Morgan fingerprint density at radius 1 is 1.00 bits per heavy atom. The first-order valence-corrected chi connectivity index (χ1v) is 7.85. The van der Waals surface area contributed by atoms with E-state index in [1.807, 2.05) is 25.1 Å². The number of rotatable bonds is 8. The van der Waals surface area contributed by atoms with Crippen molar-refractivity contribution in [3.63, 3.8) is 0 Å². The minimum Gasteiger partial charge on any atom is -0.493 e. The number of methoxy groups -OCH3 is 3. The Balaban J connectivity index is 1.98. The Morgan fingerprint density at radius 3 is 2.40 bits per heavy atom. The minimum atomic E-state index is -0.253. The van der Waals surface area contributed by atoms with E-state index < -0.39 is 0 Å².